The SMILES string of the molecule is CC(C)(C=C(C#N)C(=O)N1CCC[C@@H]1COC(=O)N[C@@H](Cc1ccccc1)B(O)O)N1CCOCC1. The molecule has 0 spiro atoms. The monoisotopic (exact) mass is 498 g/mol. The Morgan fingerprint density at radius 1 is 1.28 bits per heavy atom. The largest absolute Gasteiger partial charge is 0.475 e. The van der Waals surface area contributed by atoms with Crippen LogP contribution in [0.4, 0.5) is 4.79 Å². The molecule has 0 saturated carbocycles. The zero-order valence-corrected chi connectivity index (χ0v) is 20.9. The second-order valence-electron chi connectivity index (χ2n) is 9.67. The zero-order valence-electron chi connectivity index (χ0n) is 20.9. The molecule has 2 fully saturated rings. The van der Waals surface area contributed by atoms with Gasteiger partial charge in [-0.25, -0.2) is 4.79 Å². The second kappa shape index (κ2) is 12.9. The lowest BCUT2D eigenvalue weighted by molar-refractivity contribution is -0.128. The van der Waals surface area contributed by atoms with Gasteiger partial charge >= 0.3 is 13.2 Å². The summed E-state index contributed by atoms with van der Waals surface area (Å²) in [5, 5.41) is 31.6. The van der Waals surface area contributed by atoms with E-state index in [4.69, 9.17) is 9.47 Å². The van der Waals surface area contributed by atoms with Crippen molar-refractivity contribution >= 4 is 19.1 Å². The molecule has 3 rings (SSSR count). The second-order valence-corrected chi connectivity index (χ2v) is 9.67. The normalized spacial score (nSPS) is 19.9. The summed E-state index contributed by atoms with van der Waals surface area (Å²) in [7, 11) is -1.76. The van der Waals surface area contributed by atoms with Gasteiger partial charge in [-0.15, -0.1) is 0 Å². The number of ether oxygens (including phenoxy) is 2. The first-order chi connectivity index (χ1) is 17.2. The van der Waals surface area contributed by atoms with Crippen LogP contribution in [-0.2, 0) is 20.7 Å². The van der Waals surface area contributed by atoms with E-state index in [2.05, 4.69) is 16.3 Å². The summed E-state index contributed by atoms with van der Waals surface area (Å²) in [5.41, 5.74) is 0.406. The predicted octanol–water partition coefficient (Wildman–Crippen LogP) is 0.888. The van der Waals surface area contributed by atoms with Crippen molar-refractivity contribution in [2.24, 2.45) is 0 Å². The minimum absolute atomic E-state index is 0.0529. The Kier molecular flexibility index (Phi) is 9.90. The van der Waals surface area contributed by atoms with Crippen LogP contribution < -0.4 is 5.32 Å². The molecular weight excluding hydrogens is 463 g/mol. The van der Waals surface area contributed by atoms with Gasteiger partial charge in [0.05, 0.1) is 25.2 Å². The summed E-state index contributed by atoms with van der Waals surface area (Å²) in [6.45, 7) is 7.03. The summed E-state index contributed by atoms with van der Waals surface area (Å²) < 4.78 is 10.7. The Morgan fingerprint density at radius 3 is 2.61 bits per heavy atom. The molecule has 0 aliphatic carbocycles. The standard InChI is InChI=1S/C25H35BN4O6/c1-25(2,29-11-13-35-14-12-29)16-20(17-27)23(31)30-10-6-9-21(30)18-36-24(32)28-22(26(33)34)15-19-7-4-3-5-8-19/h3-5,7-8,16,21-22,33-34H,6,9-15,18H2,1-2H3,(H,28,32)/t21-,22+/m1/s1. The number of hydrogen-bond acceptors (Lipinski definition) is 8. The highest BCUT2D eigenvalue weighted by Crippen LogP contribution is 2.24. The van der Waals surface area contributed by atoms with Crippen LogP contribution in [0.2, 0.25) is 0 Å². The third-order valence-corrected chi connectivity index (χ3v) is 6.68. The number of nitrogens with one attached hydrogen (secondary N) is 1. The van der Waals surface area contributed by atoms with Crippen LogP contribution in [0.15, 0.2) is 42.0 Å². The molecule has 1 aromatic carbocycles. The number of nitriles is 1. The molecule has 2 saturated heterocycles. The molecular formula is C25H35BN4O6. The Morgan fingerprint density at radius 2 is 1.97 bits per heavy atom. The van der Waals surface area contributed by atoms with Crippen LogP contribution >= 0.6 is 0 Å². The van der Waals surface area contributed by atoms with E-state index in [0.29, 0.717) is 26.2 Å². The number of carbonyl (C=O) groups excluding carboxylic acids is 2. The molecule has 1 aromatic rings. The minimum atomic E-state index is -1.76. The van der Waals surface area contributed by atoms with Crippen molar-refractivity contribution in [2.45, 2.75) is 50.6 Å². The summed E-state index contributed by atoms with van der Waals surface area (Å²) in [6.07, 6.45) is 2.50. The van der Waals surface area contributed by atoms with Gasteiger partial charge in [0.25, 0.3) is 5.91 Å². The number of amides is 2. The molecule has 194 valence electrons. The molecule has 36 heavy (non-hydrogen) atoms. The van der Waals surface area contributed by atoms with Crippen molar-refractivity contribution in [1.29, 1.82) is 5.26 Å². The minimum Gasteiger partial charge on any atom is -0.447 e. The van der Waals surface area contributed by atoms with E-state index in [1.54, 1.807) is 11.0 Å². The molecule has 0 aromatic heterocycles. The Bertz CT molecular complexity index is 959. The smallest absolute Gasteiger partial charge is 0.447 e. The molecule has 0 unspecified atom stereocenters. The van der Waals surface area contributed by atoms with E-state index in [1.807, 2.05) is 44.2 Å². The first-order valence-electron chi connectivity index (χ1n) is 12.3. The molecule has 2 aliphatic heterocycles. The number of nitrogens with zero attached hydrogens (tertiary/aromatic N) is 3. The van der Waals surface area contributed by atoms with Gasteiger partial charge in [-0.1, -0.05) is 30.3 Å². The molecule has 2 aliphatic rings. The van der Waals surface area contributed by atoms with Crippen molar-refractivity contribution in [3.8, 4) is 6.07 Å². The van der Waals surface area contributed by atoms with Gasteiger partial charge < -0.3 is 29.7 Å². The topological polar surface area (TPSA) is 135 Å². The number of benzene rings is 1. The van der Waals surface area contributed by atoms with E-state index in [9.17, 15) is 24.9 Å². The number of hydrogen-bond donors (Lipinski definition) is 3. The number of morpholine rings is 1. The first kappa shape index (κ1) is 27.7. The fourth-order valence-corrected chi connectivity index (χ4v) is 4.62. The highest BCUT2D eigenvalue weighted by Gasteiger charge is 2.34. The summed E-state index contributed by atoms with van der Waals surface area (Å²) in [5.74, 6) is -1.32. The van der Waals surface area contributed by atoms with E-state index >= 15 is 0 Å². The summed E-state index contributed by atoms with van der Waals surface area (Å²) >= 11 is 0. The molecule has 11 heteroatoms. The van der Waals surface area contributed by atoms with Crippen molar-refractivity contribution in [2.75, 3.05) is 39.5 Å². The summed E-state index contributed by atoms with van der Waals surface area (Å²) in [6, 6.07) is 10.8. The van der Waals surface area contributed by atoms with Gasteiger partial charge in [-0.3, -0.25) is 9.69 Å². The lowest BCUT2D eigenvalue weighted by Crippen LogP contribution is -2.49. The quantitative estimate of drug-likeness (QED) is 0.260. The average molecular weight is 498 g/mol. The predicted molar refractivity (Wildman–Crippen MR) is 134 cm³/mol. The zero-order chi connectivity index (χ0) is 26.1. The van der Waals surface area contributed by atoms with Gasteiger partial charge in [0.1, 0.15) is 18.2 Å². The molecule has 2 heterocycles. The molecule has 3 N–H and O–H groups in total. The van der Waals surface area contributed by atoms with Crippen LogP contribution in [0, 0.1) is 11.3 Å². The lowest BCUT2D eigenvalue weighted by atomic mass is 9.76. The van der Waals surface area contributed by atoms with Gasteiger partial charge in [-0.2, -0.15) is 5.26 Å². The number of likely N-dealkylation sites (tertiary alicyclic amines) is 1. The highest BCUT2D eigenvalue weighted by atomic mass is 16.5. The van der Waals surface area contributed by atoms with E-state index in [1.165, 1.54) is 0 Å². The first-order valence-corrected chi connectivity index (χ1v) is 12.3. The third-order valence-electron chi connectivity index (χ3n) is 6.68. The molecule has 0 bridgehead atoms. The van der Waals surface area contributed by atoms with Crippen molar-refractivity contribution in [1.82, 2.24) is 15.1 Å². The maximum Gasteiger partial charge on any atom is 0.475 e. The van der Waals surface area contributed by atoms with E-state index in [-0.39, 0.29) is 30.5 Å². The van der Waals surface area contributed by atoms with Crippen LogP contribution in [0.25, 0.3) is 0 Å². The van der Waals surface area contributed by atoms with Crippen LogP contribution in [0.5, 0.6) is 0 Å². The van der Waals surface area contributed by atoms with Gasteiger partial charge in [-0.05, 0) is 44.7 Å². The molecule has 0 radical (unpaired) electrons. The Hall–Kier alpha value is -2.91. The van der Waals surface area contributed by atoms with Crippen LogP contribution in [0.3, 0.4) is 0 Å². The Balaban J connectivity index is 1.58. The number of alkyl carbamates (subject to hydrolysis) is 1. The molecule has 10 nitrogen and oxygen atoms in total. The van der Waals surface area contributed by atoms with Gasteiger partial charge in [0, 0.05) is 25.2 Å². The lowest BCUT2D eigenvalue weighted by Gasteiger charge is -2.39. The average Bonchev–Trinajstić information content (AvgIpc) is 3.35. The van der Waals surface area contributed by atoms with Gasteiger partial charge in [0.2, 0.25) is 0 Å². The number of carbonyl (C=O) groups is 2. The van der Waals surface area contributed by atoms with Gasteiger partial charge in [0.15, 0.2) is 0 Å². The van der Waals surface area contributed by atoms with Crippen LogP contribution in [0.1, 0.15) is 32.3 Å². The maximum absolute atomic E-state index is 13.2. The molecule has 2 atom stereocenters. The van der Waals surface area contributed by atoms with E-state index < -0.39 is 24.7 Å². The fraction of sp³-hybridized carbons (Fsp3) is 0.560. The van der Waals surface area contributed by atoms with E-state index in [0.717, 1.165) is 25.1 Å². The van der Waals surface area contributed by atoms with Crippen LogP contribution in [-0.4, -0.2) is 95.9 Å². The maximum atomic E-state index is 13.2. The third kappa shape index (κ3) is 7.55. The van der Waals surface area contributed by atoms with Crippen molar-refractivity contribution in [3.05, 3.63) is 47.5 Å². The van der Waals surface area contributed by atoms with Crippen molar-refractivity contribution in [3.63, 3.8) is 0 Å². The molecule has 2 amide bonds. The number of rotatable bonds is 9. The van der Waals surface area contributed by atoms with Crippen molar-refractivity contribution < 1.29 is 29.1 Å². The summed E-state index contributed by atoms with van der Waals surface area (Å²) in [4.78, 5) is 29.4. The highest BCUT2D eigenvalue weighted by molar-refractivity contribution is 6.43. The fourth-order valence-electron chi connectivity index (χ4n) is 4.62. The Labute approximate surface area is 212 Å².